The fraction of sp³-hybridized carbons (Fsp3) is 0.571. The molecular weight excluding hydrogens is 212 g/mol. The van der Waals surface area contributed by atoms with Crippen molar-refractivity contribution in [3.63, 3.8) is 0 Å². The van der Waals surface area contributed by atoms with Crippen molar-refractivity contribution in [1.29, 1.82) is 0 Å². The topological polar surface area (TPSA) is 58.3 Å². The maximum Gasteiger partial charge on any atom is 0.0471 e. The molecule has 94 valence electrons. The molecule has 1 aromatic carbocycles. The quantitative estimate of drug-likeness (QED) is 0.746. The summed E-state index contributed by atoms with van der Waals surface area (Å²) in [5, 5.41) is 12.4. The summed E-state index contributed by atoms with van der Waals surface area (Å²) in [6, 6.07) is 9.32. The van der Waals surface area contributed by atoms with Crippen LogP contribution in [0.4, 0.5) is 5.69 Å². The van der Waals surface area contributed by atoms with E-state index in [-0.39, 0.29) is 6.61 Å². The Morgan fingerprint density at radius 1 is 1.12 bits per heavy atom. The highest BCUT2D eigenvalue weighted by atomic mass is 16.2. The average Bonchev–Trinajstić information content (AvgIpc) is 2.35. The average molecular weight is 234 g/mol. The zero-order chi connectivity index (χ0) is 12.1. The van der Waals surface area contributed by atoms with Gasteiger partial charge < -0.3 is 16.2 Å². The first kappa shape index (κ1) is 12.4. The molecule has 3 heteroatoms. The maximum absolute atomic E-state index is 8.85. The molecule has 0 aromatic heterocycles. The van der Waals surface area contributed by atoms with Crippen LogP contribution in [-0.4, -0.2) is 23.8 Å². The van der Waals surface area contributed by atoms with Crippen LogP contribution < -0.4 is 11.1 Å². The molecule has 0 bridgehead atoms. The Bertz CT molecular complexity index is 329. The zero-order valence-electron chi connectivity index (χ0n) is 10.2. The third-order valence-corrected chi connectivity index (χ3v) is 3.50. The molecule has 1 aliphatic carbocycles. The second-order valence-corrected chi connectivity index (χ2v) is 4.93. The number of anilines is 1. The summed E-state index contributed by atoms with van der Waals surface area (Å²) >= 11 is 0. The SMILES string of the molecule is NC1CCC(Nc2ccc(CCO)cc2)CC1. The molecule has 17 heavy (non-hydrogen) atoms. The molecule has 4 N–H and O–H groups in total. The lowest BCUT2D eigenvalue weighted by molar-refractivity contribution is 0.299. The Kier molecular flexibility index (Phi) is 4.40. The number of aliphatic hydroxyl groups is 1. The Morgan fingerprint density at radius 3 is 2.35 bits per heavy atom. The lowest BCUT2D eigenvalue weighted by Crippen LogP contribution is -2.32. The summed E-state index contributed by atoms with van der Waals surface area (Å²) in [4.78, 5) is 0. The Morgan fingerprint density at radius 2 is 1.76 bits per heavy atom. The van der Waals surface area contributed by atoms with E-state index in [0.29, 0.717) is 12.1 Å². The first-order chi connectivity index (χ1) is 8.28. The molecule has 0 aliphatic heterocycles. The van der Waals surface area contributed by atoms with E-state index in [1.54, 1.807) is 0 Å². The first-order valence-electron chi connectivity index (χ1n) is 6.50. The van der Waals surface area contributed by atoms with Gasteiger partial charge in [-0.3, -0.25) is 0 Å². The van der Waals surface area contributed by atoms with Gasteiger partial charge in [-0.05, 0) is 49.8 Å². The van der Waals surface area contributed by atoms with E-state index < -0.39 is 0 Å². The number of hydrogen-bond acceptors (Lipinski definition) is 3. The maximum atomic E-state index is 8.85. The van der Waals surface area contributed by atoms with Crippen LogP contribution in [-0.2, 0) is 6.42 Å². The third-order valence-electron chi connectivity index (χ3n) is 3.50. The van der Waals surface area contributed by atoms with Gasteiger partial charge in [0.15, 0.2) is 0 Å². The van der Waals surface area contributed by atoms with Crippen molar-refractivity contribution in [3.8, 4) is 0 Å². The van der Waals surface area contributed by atoms with Crippen LogP contribution in [0, 0.1) is 0 Å². The highest BCUT2D eigenvalue weighted by molar-refractivity contribution is 5.45. The highest BCUT2D eigenvalue weighted by Gasteiger charge is 2.17. The molecule has 0 radical (unpaired) electrons. The van der Waals surface area contributed by atoms with E-state index in [1.165, 1.54) is 24.1 Å². The molecule has 1 saturated carbocycles. The minimum absolute atomic E-state index is 0.216. The first-order valence-corrected chi connectivity index (χ1v) is 6.50. The summed E-state index contributed by atoms with van der Waals surface area (Å²) in [7, 11) is 0. The van der Waals surface area contributed by atoms with Crippen LogP contribution in [0.3, 0.4) is 0 Å². The van der Waals surface area contributed by atoms with E-state index in [1.807, 2.05) is 0 Å². The van der Waals surface area contributed by atoms with Crippen molar-refractivity contribution in [2.75, 3.05) is 11.9 Å². The highest BCUT2D eigenvalue weighted by Crippen LogP contribution is 2.21. The van der Waals surface area contributed by atoms with Crippen molar-refractivity contribution >= 4 is 5.69 Å². The predicted octanol–water partition coefficient (Wildman–Crippen LogP) is 1.90. The van der Waals surface area contributed by atoms with Crippen molar-refractivity contribution in [2.24, 2.45) is 5.73 Å². The zero-order valence-corrected chi connectivity index (χ0v) is 10.2. The van der Waals surface area contributed by atoms with Crippen LogP contribution in [0.5, 0.6) is 0 Å². The number of aliphatic hydroxyl groups excluding tert-OH is 1. The van der Waals surface area contributed by atoms with E-state index in [4.69, 9.17) is 10.8 Å². The fourth-order valence-electron chi connectivity index (χ4n) is 2.40. The number of rotatable bonds is 4. The molecular formula is C14H22N2O. The van der Waals surface area contributed by atoms with Crippen molar-refractivity contribution in [3.05, 3.63) is 29.8 Å². The molecule has 3 nitrogen and oxygen atoms in total. The number of benzene rings is 1. The fourth-order valence-corrected chi connectivity index (χ4v) is 2.40. The van der Waals surface area contributed by atoms with Gasteiger partial charge in [-0.25, -0.2) is 0 Å². The summed E-state index contributed by atoms with van der Waals surface area (Å²) < 4.78 is 0. The predicted molar refractivity (Wildman–Crippen MR) is 71.1 cm³/mol. The second-order valence-electron chi connectivity index (χ2n) is 4.93. The molecule has 0 saturated heterocycles. The van der Waals surface area contributed by atoms with Crippen LogP contribution in [0.15, 0.2) is 24.3 Å². The lowest BCUT2D eigenvalue weighted by Gasteiger charge is -2.27. The molecule has 1 aromatic rings. The Hall–Kier alpha value is -1.06. The van der Waals surface area contributed by atoms with Gasteiger partial charge in [0.1, 0.15) is 0 Å². The molecule has 1 aliphatic rings. The van der Waals surface area contributed by atoms with E-state index in [9.17, 15) is 0 Å². The molecule has 2 rings (SSSR count). The molecule has 0 unspecified atom stereocenters. The van der Waals surface area contributed by atoms with Crippen LogP contribution in [0.2, 0.25) is 0 Å². The van der Waals surface area contributed by atoms with Gasteiger partial charge >= 0.3 is 0 Å². The summed E-state index contributed by atoms with van der Waals surface area (Å²) in [6.07, 6.45) is 5.32. The van der Waals surface area contributed by atoms with Crippen LogP contribution >= 0.6 is 0 Å². The summed E-state index contributed by atoms with van der Waals surface area (Å²) in [5.74, 6) is 0. The third kappa shape index (κ3) is 3.72. The molecule has 0 spiro atoms. The number of nitrogens with two attached hydrogens (primary N) is 1. The van der Waals surface area contributed by atoms with Gasteiger partial charge in [0.25, 0.3) is 0 Å². The van der Waals surface area contributed by atoms with Gasteiger partial charge in [-0.15, -0.1) is 0 Å². The van der Waals surface area contributed by atoms with Gasteiger partial charge in [0.05, 0.1) is 0 Å². The van der Waals surface area contributed by atoms with Gasteiger partial charge in [0, 0.05) is 24.4 Å². The smallest absolute Gasteiger partial charge is 0.0471 e. The molecule has 0 atom stereocenters. The minimum Gasteiger partial charge on any atom is -0.396 e. The summed E-state index contributed by atoms with van der Waals surface area (Å²) in [5.41, 5.74) is 8.25. The lowest BCUT2D eigenvalue weighted by atomic mass is 9.91. The summed E-state index contributed by atoms with van der Waals surface area (Å²) in [6.45, 7) is 0.216. The molecule has 0 amide bonds. The number of nitrogens with one attached hydrogen (secondary N) is 1. The van der Waals surface area contributed by atoms with Gasteiger partial charge in [0.2, 0.25) is 0 Å². The van der Waals surface area contributed by atoms with E-state index in [2.05, 4.69) is 29.6 Å². The van der Waals surface area contributed by atoms with E-state index >= 15 is 0 Å². The monoisotopic (exact) mass is 234 g/mol. The number of hydrogen-bond donors (Lipinski definition) is 3. The minimum atomic E-state index is 0.216. The van der Waals surface area contributed by atoms with Crippen molar-refractivity contribution in [1.82, 2.24) is 0 Å². The second kappa shape index (κ2) is 6.03. The van der Waals surface area contributed by atoms with Crippen molar-refractivity contribution < 1.29 is 5.11 Å². The Labute approximate surface area is 103 Å². The van der Waals surface area contributed by atoms with E-state index in [0.717, 1.165) is 19.3 Å². The van der Waals surface area contributed by atoms with Gasteiger partial charge in [-0.2, -0.15) is 0 Å². The molecule has 1 fully saturated rings. The standard InChI is InChI=1S/C14H22N2O/c15-12-3-7-14(8-4-12)16-13-5-1-11(2-6-13)9-10-17/h1-2,5-6,12,14,16-17H,3-4,7-10,15H2. The van der Waals surface area contributed by atoms with Crippen LogP contribution in [0.1, 0.15) is 31.2 Å². The largest absolute Gasteiger partial charge is 0.396 e. The Balaban J connectivity index is 1.86. The van der Waals surface area contributed by atoms with Crippen LogP contribution in [0.25, 0.3) is 0 Å². The van der Waals surface area contributed by atoms with Crippen molar-refractivity contribution in [2.45, 2.75) is 44.2 Å². The normalized spacial score (nSPS) is 24.6. The molecule has 0 heterocycles. The van der Waals surface area contributed by atoms with Gasteiger partial charge in [-0.1, -0.05) is 12.1 Å².